The molecule has 66 valence electrons. The molecule has 3 rings (SSSR count). The Kier molecular flexibility index (Phi) is 1.72. The summed E-state index contributed by atoms with van der Waals surface area (Å²) in [6.45, 7) is 4.85. The number of fused-ring (bicyclic) bond motifs is 2. The molecular formula is C12H18. The summed E-state index contributed by atoms with van der Waals surface area (Å²) in [4.78, 5) is 0. The molecular weight excluding hydrogens is 144 g/mol. The van der Waals surface area contributed by atoms with Gasteiger partial charge in [0.05, 0.1) is 0 Å². The summed E-state index contributed by atoms with van der Waals surface area (Å²) in [5.41, 5.74) is 0.611. The predicted octanol–water partition coefficient (Wildman–Crippen LogP) is 3.08. The molecule has 3 unspecified atom stereocenters. The van der Waals surface area contributed by atoms with Crippen molar-refractivity contribution in [2.45, 2.75) is 39.5 Å². The highest BCUT2D eigenvalue weighted by molar-refractivity contribution is 5.05. The smallest absolute Gasteiger partial charge is 0.0117 e. The van der Waals surface area contributed by atoms with E-state index < -0.39 is 0 Å². The van der Waals surface area contributed by atoms with Crippen LogP contribution in [0.1, 0.15) is 39.5 Å². The van der Waals surface area contributed by atoms with Crippen LogP contribution in [-0.4, -0.2) is 0 Å². The van der Waals surface area contributed by atoms with Gasteiger partial charge in [0.2, 0.25) is 0 Å². The summed E-state index contributed by atoms with van der Waals surface area (Å²) in [6, 6.07) is 0. The molecule has 3 atom stereocenters. The molecule has 0 heteroatoms. The fraction of sp³-hybridized carbons (Fsp3) is 0.833. The van der Waals surface area contributed by atoms with E-state index in [-0.39, 0.29) is 0 Å². The number of rotatable bonds is 1. The van der Waals surface area contributed by atoms with Crippen LogP contribution in [0.25, 0.3) is 0 Å². The Morgan fingerprint density at radius 3 is 2.67 bits per heavy atom. The normalized spacial score (nSPS) is 42.9. The average molecular weight is 162 g/mol. The van der Waals surface area contributed by atoms with E-state index in [0.717, 1.165) is 24.2 Å². The molecule has 0 radical (unpaired) electrons. The summed E-state index contributed by atoms with van der Waals surface area (Å²) >= 11 is 0. The highest BCUT2D eigenvalue weighted by atomic mass is 14.6. The first-order valence-electron chi connectivity index (χ1n) is 5.09. The van der Waals surface area contributed by atoms with E-state index in [1.54, 1.807) is 0 Å². The van der Waals surface area contributed by atoms with Crippen LogP contribution in [0.5, 0.6) is 0 Å². The van der Waals surface area contributed by atoms with Crippen LogP contribution in [0.15, 0.2) is 0 Å². The average Bonchev–Trinajstić information content (AvgIpc) is 2.05. The first kappa shape index (κ1) is 8.17. The zero-order valence-electron chi connectivity index (χ0n) is 8.14. The van der Waals surface area contributed by atoms with Crippen molar-refractivity contribution >= 4 is 0 Å². The Hall–Kier alpha value is -0.440. The largest absolute Gasteiger partial charge is 0.120 e. The lowest BCUT2D eigenvalue weighted by molar-refractivity contribution is -0.103. The lowest BCUT2D eigenvalue weighted by Gasteiger charge is -2.60. The summed E-state index contributed by atoms with van der Waals surface area (Å²) in [7, 11) is 0. The van der Waals surface area contributed by atoms with Crippen molar-refractivity contribution in [3.05, 3.63) is 0 Å². The Morgan fingerprint density at radius 2 is 2.17 bits per heavy atom. The molecule has 0 spiro atoms. The molecule has 0 heterocycles. The van der Waals surface area contributed by atoms with E-state index in [4.69, 9.17) is 6.42 Å². The summed E-state index contributed by atoms with van der Waals surface area (Å²) < 4.78 is 0. The van der Waals surface area contributed by atoms with E-state index in [0.29, 0.717) is 5.41 Å². The molecule has 0 aromatic rings. The Morgan fingerprint density at radius 1 is 1.42 bits per heavy atom. The van der Waals surface area contributed by atoms with Gasteiger partial charge in [-0.2, -0.15) is 0 Å². The molecule has 0 amide bonds. The minimum Gasteiger partial charge on any atom is -0.120 e. The molecule has 0 aliphatic heterocycles. The molecule has 3 aliphatic rings. The maximum Gasteiger partial charge on any atom is 0.0117 e. The van der Waals surface area contributed by atoms with Crippen LogP contribution in [0, 0.1) is 35.5 Å². The van der Waals surface area contributed by atoms with E-state index in [1.807, 2.05) is 0 Å². The molecule has 0 saturated heterocycles. The third-order valence-electron chi connectivity index (χ3n) is 4.38. The van der Waals surface area contributed by atoms with Crippen molar-refractivity contribution in [1.82, 2.24) is 0 Å². The van der Waals surface area contributed by atoms with Crippen LogP contribution in [0.2, 0.25) is 0 Å². The van der Waals surface area contributed by atoms with E-state index in [9.17, 15) is 0 Å². The predicted molar refractivity (Wildman–Crippen MR) is 51.6 cm³/mol. The third kappa shape index (κ3) is 0.922. The van der Waals surface area contributed by atoms with E-state index in [2.05, 4.69) is 19.8 Å². The molecule has 3 fully saturated rings. The van der Waals surface area contributed by atoms with Gasteiger partial charge in [-0.05, 0) is 42.4 Å². The maximum absolute atomic E-state index is 5.38. The molecule has 3 aliphatic carbocycles. The Labute approximate surface area is 75.7 Å². The topological polar surface area (TPSA) is 0 Å². The van der Waals surface area contributed by atoms with E-state index >= 15 is 0 Å². The summed E-state index contributed by atoms with van der Waals surface area (Å²) in [5.74, 6) is 5.62. The van der Waals surface area contributed by atoms with Crippen LogP contribution in [0.4, 0.5) is 0 Å². The second-order valence-corrected chi connectivity index (χ2v) is 5.11. The van der Waals surface area contributed by atoms with Gasteiger partial charge < -0.3 is 0 Å². The quantitative estimate of drug-likeness (QED) is 0.520. The minimum absolute atomic E-state index is 0.611. The van der Waals surface area contributed by atoms with Crippen LogP contribution in [0.3, 0.4) is 0 Å². The molecule has 0 aromatic carbocycles. The molecule has 0 N–H and O–H groups in total. The highest BCUT2D eigenvalue weighted by Crippen LogP contribution is 2.61. The zero-order valence-corrected chi connectivity index (χ0v) is 8.14. The Balaban J connectivity index is 2.07. The highest BCUT2D eigenvalue weighted by Gasteiger charge is 2.53. The molecule has 3 saturated carbocycles. The van der Waals surface area contributed by atoms with Crippen molar-refractivity contribution in [2.24, 2.45) is 23.2 Å². The number of terminal acetylenes is 1. The zero-order chi connectivity index (χ0) is 8.77. The second-order valence-electron chi connectivity index (χ2n) is 5.11. The van der Waals surface area contributed by atoms with Gasteiger partial charge >= 0.3 is 0 Å². The van der Waals surface area contributed by atoms with Gasteiger partial charge in [-0.15, -0.1) is 12.3 Å². The Bertz CT molecular complexity index is 217. The molecule has 2 bridgehead atoms. The van der Waals surface area contributed by atoms with Crippen molar-refractivity contribution in [2.75, 3.05) is 0 Å². The lowest BCUT2D eigenvalue weighted by Crippen LogP contribution is -2.52. The van der Waals surface area contributed by atoms with E-state index in [1.165, 1.54) is 19.3 Å². The monoisotopic (exact) mass is 162 g/mol. The van der Waals surface area contributed by atoms with Crippen LogP contribution >= 0.6 is 0 Å². The van der Waals surface area contributed by atoms with Crippen molar-refractivity contribution in [3.63, 3.8) is 0 Å². The van der Waals surface area contributed by atoms with Crippen LogP contribution in [-0.2, 0) is 0 Å². The van der Waals surface area contributed by atoms with Crippen LogP contribution < -0.4 is 0 Å². The summed E-state index contributed by atoms with van der Waals surface area (Å²) in [6.07, 6.45) is 10.7. The second kappa shape index (κ2) is 2.52. The maximum atomic E-state index is 5.38. The SMILES string of the molecule is C#CCC1CCC2CC1C2(C)C. The standard InChI is InChI=1S/C12H18/c1-4-5-9-6-7-10-8-11(9)12(10,2)3/h1,9-11H,5-8H2,2-3H3. The van der Waals surface area contributed by atoms with Crippen molar-refractivity contribution in [1.29, 1.82) is 0 Å². The van der Waals surface area contributed by atoms with Gasteiger partial charge in [0.1, 0.15) is 0 Å². The van der Waals surface area contributed by atoms with Gasteiger partial charge in [-0.25, -0.2) is 0 Å². The number of hydrogen-bond acceptors (Lipinski definition) is 0. The molecule has 0 nitrogen and oxygen atoms in total. The fourth-order valence-electron chi connectivity index (χ4n) is 3.36. The molecule has 12 heavy (non-hydrogen) atoms. The lowest BCUT2D eigenvalue weighted by atomic mass is 9.45. The van der Waals surface area contributed by atoms with Gasteiger partial charge in [-0.1, -0.05) is 13.8 Å². The van der Waals surface area contributed by atoms with Gasteiger partial charge in [0.15, 0.2) is 0 Å². The first-order valence-corrected chi connectivity index (χ1v) is 5.09. The van der Waals surface area contributed by atoms with Crippen molar-refractivity contribution < 1.29 is 0 Å². The number of hydrogen-bond donors (Lipinski definition) is 0. The fourth-order valence-corrected chi connectivity index (χ4v) is 3.36. The first-order chi connectivity index (χ1) is 5.66. The third-order valence-corrected chi connectivity index (χ3v) is 4.38. The van der Waals surface area contributed by atoms with Gasteiger partial charge in [-0.3, -0.25) is 0 Å². The van der Waals surface area contributed by atoms with Gasteiger partial charge in [0, 0.05) is 6.42 Å². The summed E-state index contributed by atoms with van der Waals surface area (Å²) in [5, 5.41) is 0. The minimum atomic E-state index is 0.611. The molecule has 0 aromatic heterocycles. The van der Waals surface area contributed by atoms with Crippen molar-refractivity contribution in [3.8, 4) is 12.3 Å². The van der Waals surface area contributed by atoms with Gasteiger partial charge in [0.25, 0.3) is 0 Å².